The Hall–Kier alpha value is -1.82. The van der Waals surface area contributed by atoms with Crippen molar-refractivity contribution < 1.29 is 14.3 Å². The quantitative estimate of drug-likeness (QED) is 0.769. The van der Waals surface area contributed by atoms with E-state index in [0.29, 0.717) is 6.04 Å². The number of rotatable bonds is 8. The number of aliphatic hydroxyl groups excluding tert-OH is 1. The highest BCUT2D eigenvalue weighted by molar-refractivity contribution is 5.27. The highest BCUT2D eigenvalue weighted by atomic mass is 16.5. The van der Waals surface area contributed by atoms with Crippen LogP contribution in [-0.2, 0) is 13.1 Å². The zero-order chi connectivity index (χ0) is 19.2. The first-order valence-electron chi connectivity index (χ1n) is 9.91. The maximum absolute atomic E-state index is 9.50. The Morgan fingerprint density at radius 2 is 1.89 bits per heavy atom. The molecule has 5 nitrogen and oxygen atoms in total. The zero-order valence-electron chi connectivity index (χ0n) is 16.7. The summed E-state index contributed by atoms with van der Waals surface area (Å²) in [5.74, 6) is 2.88. The SMILES string of the molecule is Cc1ccc(CN2CCN(Cc3ccc(OC(C)C)cc3)C[C@@H]2CCO)o1. The van der Waals surface area contributed by atoms with Crippen LogP contribution in [0.15, 0.2) is 40.8 Å². The van der Waals surface area contributed by atoms with E-state index in [9.17, 15) is 5.11 Å². The molecule has 0 radical (unpaired) electrons. The van der Waals surface area contributed by atoms with Gasteiger partial charge in [0.05, 0.1) is 12.6 Å². The van der Waals surface area contributed by atoms with Crippen molar-refractivity contribution in [1.29, 1.82) is 0 Å². The topological polar surface area (TPSA) is 49.1 Å². The summed E-state index contributed by atoms with van der Waals surface area (Å²) < 4.78 is 11.5. The third-order valence-corrected chi connectivity index (χ3v) is 5.01. The van der Waals surface area contributed by atoms with E-state index in [1.165, 1.54) is 5.56 Å². The van der Waals surface area contributed by atoms with E-state index in [2.05, 4.69) is 40.1 Å². The minimum atomic E-state index is 0.195. The molecule has 5 heteroatoms. The Bertz CT molecular complexity index is 696. The lowest BCUT2D eigenvalue weighted by Gasteiger charge is -2.41. The van der Waals surface area contributed by atoms with Crippen molar-refractivity contribution >= 4 is 0 Å². The van der Waals surface area contributed by atoms with Crippen LogP contribution in [-0.4, -0.2) is 53.3 Å². The summed E-state index contributed by atoms with van der Waals surface area (Å²) in [4.78, 5) is 4.91. The molecule has 1 fully saturated rings. The lowest BCUT2D eigenvalue weighted by molar-refractivity contribution is 0.0454. The number of hydrogen-bond donors (Lipinski definition) is 1. The highest BCUT2D eigenvalue weighted by Gasteiger charge is 2.27. The van der Waals surface area contributed by atoms with Crippen molar-refractivity contribution in [3.8, 4) is 5.75 Å². The average molecular weight is 373 g/mol. The van der Waals surface area contributed by atoms with E-state index < -0.39 is 0 Å². The van der Waals surface area contributed by atoms with Gasteiger partial charge < -0.3 is 14.3 Å². The first kappa shape index (κ1) is 19.9. The molecule has 1 aromatic heterocycles. The second-order valence-corrected chi connectivity index (χ2v) is 7.69. The van der Waals surface area contributed by atoms with E-state index in [1.807, 2.05) is 26.8 Å². The Kier molecular flexibility index (Phi) is 6.94. The second kappa shape index (κ2) is 9.40. The van der Waals surface area contributed by atoms with Gasteiger partial charge >= 0.3 is 0 Å². The van der Waals surface area contributed by atoms with Gasteiger partial charge in [0.25, 0.3) is 0 Å². The van der Waals surface area contributed by atoms with E-state index in [1.54, 1.807) is 0 Å². The fourth-order valence-electron chi connectivity index (χ4n) is 3.71. The summed E-state index contributed by atoms with van der Waals surface area (Å²) in [6, 6.07) is 12.8. The minimum absolute atomic E-state index is 0.195. The molecule has 1 aliphatic rings. The summed E-state index contributed by atoms with van der Waals surface area (Å²) in [5, 5.41) is 9.50. The molecule has 1 N–H and O–H groups in total. The summed E-state index contributed by atoms with van der Waals surface area (Å²) in [5.41, 5.74) is 1.30. The van der Waals surface area contributed by atoms with Crippen LogP contribution in [0, 0.1) is 6.92 Å². The Morgan fingerprint density at radius 1 is 1.11 bits per heavy atom. The molecule has 148 valence electrons. The number of aryl methyl sites for hydroxylation is 1. The van der Waals surface area contributed by atoms with Crippen LogP contribution >= 0.6 is 0 Å². The highest BCUT2D eigenvalue weighted by Crippen LogP contribution is 2.20. The van der Waals surface area contributed by atoms with Gasteiger partial charge in [-0.15, -0.1) is 0 Å². The molecular formula is C22H32N2O3. The average Bonchev–Trinajstić information content (AvgIpc) is 3.04. The number of nitrogens with zero attached hydrogens (tertiary/aromatic N) is 2. The van der Waals surface area contributed by atoms with Gasteiger partial charge in [-0.3, -0.25) is 9.80 Å². The van der Waals surface area contributed by atoms with Crippen molar-refractivity contribution in [3.05, 3.63) is 53.5 Å². The van der Waals surface area contributed by atoms with E-state index in [4.69, 9.17) is 9.15 Å². The maximum atomic E-state index is 9.50. The fraction of sp³-hybridized carbons (Fsp3) is 0.545. The zero-order valence-corrected chi connectivity index (χ0v) is 16.7. The maximum Gasteiger partial charge on any atom is 0.119 e. The number of ether oxygens (including phenoxy) is 1. The van der Waals surface area contributed by atoms with Crippen molar-refractivity contribution in [2.45, 2.75) is 52.4 Å². The molecule has 1 atom stereocenters. The molecule has 1 aromatic carbocycles. The molecule has 0 aliphatic carbocycles. The smallest absolute Gasteiger partial charge is 0.119 e. The molecule has 1 saturated heterocycles. The molecule has 0 amide bonds. The third kappa shape index (κ3) is 5.83. The van der Waals surface area contributed by atoms with Gasteiger partial charge in [-0.25, -0.2) is 0 Å². The van der Waals surface area contributed by atoms with Gasteiger partial charge in [-0.1, -0.05) is 12.1 Å². The third-order valence-electron chi connectivity index (χ3n) is 5.01. The number of benzene rings is 1. The molecule has 0 spiro atoms. The van der Waals surface area contributed by atoms with Crippen molar-refractivity contribution in [2.75, 3.05) is 26.2 Å². The first-order valence-corrected chi connectivity index (χ1v) is 9.91. The van der Waals surface area contributed by atoms with Crippen LogP contribution < -0.4 is 4.74 Å². The minimum Gasteiger partial charge on any atom is -0.491 e. The normalized spacial score (nSPS) is 18.9. The van der Waals surface area contributed by atoms with Crippen LogP contribution in [0.2, 0.25) is 0 Å². The van der Waals surface area contributed by atoms with Crippen molar-refractivity contribution in [1.82, 2.24) is 9.80 Å². The number of hydrogen-bond acceptors (Lipinski definition) is 5. The van der Waals surface area contributed by atoms with Crippen LogP contribution in [0.25, 0.3) is 0 Å². The first-order chi connectivity index (χ1) is 13.0. The van der Waals surface area contributed by atoms with Gasteiger partial charge in [0.2, 0.25) is 0 Å². The lowest BCUT2D eigenvalue weighted by Crippen LogP contribution is -2.52. The molecule has 27 heavy (non-hydrogen) atoms. The molecule has 2 heterocycles. The van der Waals surface area contributed by atoms with Crippen LogP contribution in [0.4, 0.5) is 0 Å². The largest absolute Gasteiger partial charge is 0.491 e. The molecule has 0 bridgehead atoms. The Balaban J connectivity index is 1.57. The van der Waals surface area contributed by atoms with Crippen LogP contribution in [0.3, 0.4) is 0 Å². The molecule has 3 rings (SSSR count). The second-order valence-electron chi connectivity index (χ2n) is 7.69. The predicted molar refractivity (Wildman–Crippen MR) is 107 cm³/mol. The summed E-state index contributed by atoms with van der Waals surface area (Å²) in [6.45, 7) is 11.0. The van der Waals surface area contributed by atoms with E-state index >= 15 is 0 Å². The fourth-order valence-corrected chi connectivity index (χ4v) is 3.71. The van der Waals surface area contributed by atoms with Gasteiger partial charge in [0.1, 0.15) is 17.3 Å². The van der Waals surface area contributed by atoms with Crippen LogP contribution in [0.5, 0.6) is 5.75 Å². The monoisotopic (exact) mass is 372 g/mol. The van der Waals surface area contributed by atoms with Crippen LogP contribution in [0.1, 0.15) is 37.4 Å². The van der Waals surface area contributed by atoms with E-state index in [-0.39, 0.29) is 12.7 Å². The van der Waals surface area contributed by atoms with Gasteiger partial charge in [0, 0.05) is 38.8 Å². The van der Waals surface area contributed by atoms with E-state index in [0.717, 1.165) is 56.4 Å². The standard InChI is InChI=1S/C22H32N2O3/c1-17(2)26-21-8-5-19(6-9-21)14-23-11-12-24(20(15-23)10-13-25)16-22-7-4-18(3)27-22/h4-9,17,20,25H,10-16H2,1-3H3/t20-/m0/s1. The number of aliphatic hydroxyl groups is 1. The molecule has 1 aliphatic heterocycles. The van der Waals surface area contributed by atoms with Crippen molar-refractivity contribution in [3.63, 3.8) is 0 Å². The predicted octanol–water partition coefficient (Wildman–Crippen LogP) is 3.44. The Labute approximate surface area is 162 Å². The number of furan rings is 1. The molecule has 0 unspecified atom stereocenters. The van der Waals surface area contributed by atoms with Gasteiger partial charge in [-0.2, -0.15) is 0 Å². The molecule has 2 aromatic rings. The van der Waals surface area contributed by atoms with Gasteiger partial charge in [-0.05, 0) is 57.0 Å². The summed E-state index contributed by atoms with van der Waals surface area (Å²) in [6.07, 6.45) is 0.985. The number of piperazine rings is 1. The molecule has 0 saturated carbocycles. The summed E-state index contributed by atoms with van der Waals surface area (Å²) in [7, 11) is 0. The van der Waals surface area contributed by atoms with Crippen molar-refractivity contribution in [2.24, 2.45) is 0 Å². The lowest BCUT2D eigenvalue weighted by atomic mass is 10.1. The Morgan fingerprint density at radius 3 is 2.52 bits per heavy atom. The molecular weight excluding hydrogens is 340 g/mol. The van der Waals surface area contributed by atoms with Gasteiger partial charge in [0.15, 0.2) is 0 Å². The summed E-state index contributed by atoms with van der Waals surface area (Å²) >= 11 is 0.